The Morgan fingerprint density at radius 3 is 2.26 bits per heavy atom. The summed E-state index contributed by atoms with van der Waals surface area (Å²) in [5.74, 6) is 0.288. The Hall–Kier alpha value is -2.62. The van der Waals surface area contributed by atoms with Crippen molar-refractivity contribution < 1.29 is 4.39 Å². The van der Waals surface area contributed by atoms with Crippen LogP contribution in [0.5, 0.6) is 0 Å². The molecule has 0 aliphatic carbocycles. The molecule has 0 saturated heterocycles. The summed E-state index contributed by atoms with van der Waals surface area (Å²) in [5.41, 5.74) is 2.39. The van der Waals surface area contributed by atoms with Crippen molar-refractivity contribution in [1.82, 2.24) is 15.2 Å². The predicted octanol–water partition coefficient (Wildman–Crippen LogP) is 3.34. The van der Waals surface area contributed by atoms with E-state index in [9.17, 15) is 4.39 Å². The van der Waals surface area contributed by atoms with E-state index in [4.69, 9.17) is 0 Å². The number of rotatable bonds is 2. The van der Waals surface area contributed by atoms with Crippen molar-refractivity contribution in [2.45, 2.75) is 0 Å². The predicted molar refractivity (Wildman–Crippen MR) is 70.7 cm³/mol. The lowest BCUT2D eigenvalue weighted by molar-refractivity contribution is 0.628. The molecule has 0 aliphatic heterocycles. The molecule has 4 heteroatoms. The van der Waals surface area contributed by atoms with Gasteiger partial charge in [-0.25, -0.2) is 9.37 Å². The van der Waals surface area contributed by atoms with E-state index in [2.05, 4.69) is 15.2 Å². The van der Waals surface area contributed by atoms with Crippen molar-refractivity contribution in [1.29, 1.82) is 0 Å². The fourth-order valence-corrected chi connectivity index (χ4v) is 1.77. The maximum absolute atomic E-state index is 12.9. The molecule has 0 bridgehead atoms. The lowest BCUT2D eigenvalue weighted by Gasteiger charge is -2.03. The molecule has 1 aromatic heterocycles. The van der Waals surface area contributed by atoms with Gasteiger partial charge >= 0.3 is 0 Å². The molecule has 3 rings (SSSR count). The van der Waals surface area contributed by atoms with E-state index in [0.717, 1.165) is 11.1 Å². The van der Waals surface area contributed by atoms with Gasteiger partial charge in [-0.15, -0.1) is 5.10 Å². The van der Waals surface area contributed by atoms with Crippen LogP contribution in [-0.2, 0) is 0 Å². The van der Waals surface area contributed by atoms with Gasteiger partial charge in [0.25, 0.3) is 0 Å². The largest absolute Gasteiger partial charge is 0.225 e. The average Bonchev–Trinajstić information content (AvgIpc) is 2.49. The highest BCUT2D eigenvalue weighted by molar-refractivity contribution is 5.62. The first-order chi connectivity index (χ1) is 9.33. The molecule has 0 aliphatic rings. The molecule has 1 heterocycles. The number of hydrogen-bond donors (Lipinski definition) is 0. The second-order valence-electron chi connectivity index (χ2n) is 4.04. The maximum atomic E-state index is 12.9. The summed E-state index contributed by atoms with van der Waals surface area (Å²) in [4.78, 5) is 4.45. The first-order valence-corrected chi connectivity index (χ1v) is 5.84. The highest BCUT2D eigenvalue weighted by Crippen LogP contribution is 2.19. The molecule has 92 valence electrons. The van der Waals surface area contributed by atoms with Crippen molar-refractivity contribution >= 4 is 0 Å². The zero-order valence-corrected chi connectivity index (χ0v) is 9.99. The maximum Gasteiger partial charge on any atom is 0.182 e. The quantitative estimate of drug-likeness (QED) is 0.701. The third-order valence-electron chi connectivity index (χ3n) is 2.73. The number of aromatic nitrogens is 3. The standard InChI is InChI=1S/C15H10FN3/c16-13-8-6-11(7-9-13)14-10-17-19-15(18-14)12-4-2-1-3-5-12/h1-10H. The van der Waals surface area contributed by atoms with E-state index in [1.54, 1.807) is 18.3 Å². The van der Waals surface area contributed by atoms with Gasteiger partial charge in [-0.05, 0) is 24.3 Å². The Kier molecular flexibility index (Phi) is 2.98. The van der Waals surface area contributed by atoms with E-state index < -0.39 is 0 Å². The van der Waals surface area contributed by atoms with E-state index in [-0.39, 0.29) is 5.82 Å². The molecule has 0 atom stereocenters. The van der Waals surface area contributed by atoms with Crippen molar-refractivity contribution in [3.8, 4) is 22.6 Å². The van der Waals surface area contributed by atoms with Gasteiger partial charge < -0.3 is 0 Å². The molecule has 0 spiro atoms. The Labute approximate surface area is 109 Å². The Morgan fingerprint density at radius 2 is 1.53 bits per heavy atom. The molecule has 0 fully saturated rings. The van der Waals surface area contributed by atoms with Crippen LogP contribution in [0.15, 0.2) is 60.8 Å². The number of nitrogens with zero attached hydrogens (tertiary/aromatic N) is 3. The summed E-state index contributed by atoms with van der Waals surface area (Å²) in [5, 5.41) is 7.97. The van der Waals surface area contributed by atoms with Crippen LogP contribution < -0.4 is 0 Å². The molecular weight excluding hydrogens is 241 g/mol. The topological polar surface area (TPSA) is 38.7 Å². The van der Waals surface area contributed by atoms with Gasteiger partial charge in [0.2, 0.25) is 0 Å². The Morgan fingerprint density at radius 1 is 0.789 bits per heavy atom. The zero-order chi connectivity index (χ0) is 13.1. The molecule has 3 aromatic rings. The smallest absolute Gasteiger partial charge is 0.182 e. The number of hydrogen-bond acceptors (Lipinski definition) is 3. The summed E-state index contributed by atoms with van der Waals surface area (Å²) in [6.45, 7) is 0. The van der Waals surface area contributed by atoms with Gasteiger partial charge in [-0.1, -0.05) is 30.3 Å². The second kappa shape index (κ2) is 4.94. The van der Waals surface area contributed by atoms with Crippen LogP contribution in [0.4, 0.5) is 4.39 Å². The van der Waals surface area contributed by atoms with Crippen molar-refractivity contribution in [3.63, 3.8) is 0 Å². The third kappa shape index (κ3) is 2.47. The molecule has 0 N–H and O–H groups in total. The lowest BCUT2D eigenvalue weighted by Crippen LogP contribution is -1.94. The van der Waals surface area contributed by atoms with E-state index in [0.29, 0.717) is 11.5 Å². The van der Waals surface area contributed by atoms with Gasteiger partial charge in [0, 0.05) is 11.1 Å². The minimum atomic E-state index is -0.269. The van der Waals surface area contributed by atoms with Gasteiger partial charge in [0.15, 0.2) is 5.82 Å². The molecule has 0 saturated carbocycles. The number of benzene rings is 2. The second-order valence-corrected chi connectivity index (χ2v) is 4.04. The van der Waals surface area contributed by atoms with E-state index >= 15 is 0 Å². The van der Waals surface area contributed by atoms with Gasteiger partial charge in [0.1, 0.15) is 5.82 Å². The number of halogens is 1. The van der Waals surface area contributed by atoms with Gasteiger partial charge in [0.05, 0.1) is 11.9 Å². The minimum absolute atomic E-state index is 0.269. The van der Waals surface area contributed by atoms with E-state index in [1.165, 1.54) is 12.1 Å². The first-order valence-electron chi connectivity index (χ1n) is 5.84. The fourth-order valence-electron chi connectivity index (χ4n) is 1.77. The highest BCUT2D eigenvalue weighted by atomic mass is 19.1. The van der Waals surface area contributed by atoms with Gasteiger partial charge in [-0.2, -0.15) is 5.10 Å². The molecule has 0 radical (unpaired) electrons. The third-order valence-corrected chi connectivity index (χ3v) is 2.73. The van der Waals surface area contributed by atoms with Crippen LogP contribution in [-0.4, -0.2) is 15.2 Å². The zero-order valence-electron chi connectivity index (χ0n) is 9.99. The molecule has 0 unspecified atom stereocenters. The van der Waals surface area contributed by atoms with Crippen LogP contribution in [0.3, 0.4) is 0 Å². The fraction of sp³-hybridized carbons (Fsp3) is 0. The van der Waals surface area contributed by atoms with Crippen LogP contribution in [0.2, 0.25) is 0 Å². The summed E-state index contributed by atoms with van der Waals surface area (Å²) in [6, 6.07) is 15.8. The Bertz CT molecular complexity index is 681. The Balaban J connectivity index is 2.03. The van der Waals surface area contributed by atoms with Crippen LogP contribution >= 0.6 is 0 Å². The SMILES string of the molecule is Fc1ccc(-c2cnnc(-c3ccccc3)n2)cc1. The summed E-state index contributed by atoms with van der Waals surface area (Å²) >= 11 is 0. The summed E-state index contributed by atoms with van der Waals surface area (Å²) in [6.07, 6.45) is 1.57. The molecule has 3 nitrogen and oxygen atoms in total. The lowest BCUT2D eigenvalue weighted by atomic mass is 10.1. The normalized spacial score (nSPS) is 10.4. The molecule has 0 amide bonds. The van der Waals surface area contributed by atoms with Crippen LogP contribution in [0.25, 0.3) is 22.6 Å². The monoisotopic (exact) mass is 251 g/mol. The van der Waals surface area contributed by atoms with Crippen LogP contribution in [0, 0.1) is 5.82 Å². The molecule has 2 aromatic carbocycles. The molecular formula is C15H10FN3. The van der Waals surface area contributed by atoms with Crippen molar-refractivity contribution in [2.75, 3.05) is 0 Å². The van der Waals surface area contributed by atoms with Crippen LogP contribution in [0.1, 0.15) is 0 Å². The first kappa shape index (κ1) is 11.5. The molecule has 19 heavy (non-hydrogen) atoms. The van der Waals surface area contributed by atoms with Crippen molar-refractivity contribution in [2.24, 2.45) is 0 Å². The average molecular weight is 251 g/mol. The highest BCUT2D eigenvalue weighted by Gasteiger charge is 2.05. The summed E-state index contributed by atoms with van der Waals surface area (Å²) < 4.78 is 12.9. The summed E-state index contributed by atoms with van der Waals surface area (Å²) in [7, 11) is 0. The van der Waals surface area contributed by atoms with Gasteiger partial charge in [-0.3, -0.25) is 0 Å². The minimum Gasteiger partial charge on any atom is -0.225 e. The van der Waals surface area contributed by atoms with E-state index in [1.807, 2.05) is 30.3 Å². The van der Waals surface area contributed by atoms with Crippen molar-refractivity contribution in [3.05, 3.63) is 66.6 Å².